The molecule has 5 rings (SSSR count). The van der Waals surface area contributed by atoms with E-state index >= 15 is 0 Å². The Labute approximate surface area is 194 Å². The topological polar surface area (TPSA) is 74.7 Å². The number of hydrogen-bond donors (Lipinski definition) is 2. The lowest BCUT2D eigenvalue weighted by atomic mass is 9.71. The highest BCUT2D eigenvalue weighted by molar-refractivity contribution is 9.10. The van der Waals surface area contributed by atoms with Crippen molar-refractivity contribution in [3.8, 4) is 0 Å². The summed E-state index contributed by atoms with van der Waals surface area (Å²) in [5.74, 6) is 0. The number of H-pyrrole nitrogens is 2. The Morgan fingerprint density at radius 1 is 0.839 bits per heavy atom. The highest BCUT2D eigenvalue weighted by atomic mass is 79.9. The molecule has 2 aromatic heterocycles. The molecule has 0 aliphatic rings. The second-order valence-electron chi connectivity index (χ2n) is 7.72. The number of benzene rings is 3. The second kappa shape index (κ2) is 7.35. The van der Waals surface area contributed by atoms with Crippen LogP contribution in [-0.4, -0.2) is 14.9 Å². The number of fused-ring (bicyclic) bond motifs is 2. The Hall–Kier alpha value is -2.90. The molecule has 0 radical (unpaired) electrons. The fourth-order valence-electron chi connectivity index (χ4n) is 4.40. The van der Waals surface area contributed by atoms with Crippen molar-refractivity contribution in [1.29, 1.82) is 0 Å². The molecule has 0 unspecified atom stereocenters. The van der Waals surface area contributed by atoms with E-state index in [9.17, 15) is 10.1 Å². The van der Waals surface area contributed by atoms with Crippen molar-refractivity contribution in [2.24, 2.45) is 0 Å². The van der Waals surface area contributed by atoms with Crippen molar-refractivity contribution in [3.05, 3.63) is 109 Å². The predicted octanol–water partition coefficient (Wildman–Crippen LogP) is 7.44. The van der Waals surface area contributed by atoms with E-state index in [4.69, 9.17) is 0 Å². The summed E-state index contributed by atoms with van der Waals surface area (Å²) >= 11 is 7.17. The number of rotatable bonds is 4. The predicted molar refractivity (Wildman–Crippen MR) is 131 cm³/mol. The van der Waals surface area contributed by atoms with E-state index in [1.807, 2.05) is 42.7 Å². The maximum atomic E-state index is 11.5. The molecular formula is C24H17Br2N3O2. The van der Waals surface area contributed by atoms with Gasteiger partial charge in [0.25, 0.3) is 5.69 Å². The van der Waals surface area contributed by atoms with E-state index in [2.05, 4.69) is 60.9 Å². The highest BCUT2D eigenvalue weighted by Gasteiger charge is 2.36. The number of aromatic nitrogens is 2. The number of hydrogen-bond acceptors (Lipinski definition) is 2. The van der Waals surface area contributed by atoms with Gasteiger partial charge in [-0.25, -0.2) is 0 Å². The van der Waals surface area contributed by atoms with Gasteiger partial charge in [0.15, 0.2) is 0 Å². The van der Waals surface area contributed by atoms with E-state index in [1.165, 1.54) is 6.07 Å². The van der Waals surface area contributed by atoms with E-state index in [1.54, 1.807) is 12.1 Å². The van der Waals surface area contributed by atoms with Crippen LogP contribution in [0.3, 0.4) is 0 Å². The van der Waals surface area contributed by atoms with Gasteiger partial charge in [0, 0.05) is 60.7 Å². The summed E-state index contributed by atoms with van der Waals surface area (Å²) in [6, 6.07) is 19.1. The summed E-state index contributed by atoms with van der Waals surface area (Å²) in [7, 11) is 0. The lowest BCUT2D eigenvalue weighted by Crippen LogP contribution is -2.25. The smallest absolute Gasteiger partial charge is 0.269 e. The Morgan fingerprint density at radius 3 is 1.90 bits per heavy atom. The van der Waals surface area contributed by atoms with Crippen molar-refractivity contribution in [2.45, 2.75) is 12.3 Å². The number of aromatic amines is 2. The van der Waals surface area contributed by atoms with Crippen LogP contribution in [0.15, 0.2) is 82.0 Å². The van der Waals surface area contributed by atoms with Crippen LogP contribution >= 0.6 is 31.9 Å². The normalized spacial score (nSPS) is 12.0. The number of nitro groups is 1. The van der Waals surface area contributed by atoms with Gasteiger partial charge in [0.2, 0.25) is 0 Å². The molecule has 7 heteroatoms. The lowest BCUT2D eigenvalue weighted by Gasteiger charge is -2.30. The van der Waals surface area contributed by atoms with Gasteiger partial charge in [-0.05, 0) is 60.0 Å². The van der Waals surface area contributed by atoms with Crippen molar-refractivity contribution in [3.63, 3.8) is 0 Å². The van der Waals surface area contributed by atoms with Gasteiger partial charge >= 0.3 is 0 Å². The number of nitro benzene ring substituents is 1. The molecule has 2 N–H and O–H groups in total. The zero-order valence-electron chi connectivity index (χ0n) is 16.4. The van der Waals surface area contributed by atoms with Crippen LogP contribution in [-0.2, 0) is 5.41 Å². The van der Waals surface area contributed by atoms with E-state index in [0.717, 1.165) is 47.4 Å². The minimum Gasteiger partial charge on any atom is -0.361 e. The van der Waals surface area contributed by atoms with Gasteiger partial charge in [-0.3, -0.25) is 10.1 Å². The van der Waals surface area contributed by atoms with E-state index in [0.29, 0.717) is 0 Å². The lowest BCUT2D eigenvalue weighted by molar-refractivity contribution is -0.384. The molecule has 3 aromatic carbocycles. The third-order valence-corrected chi connectivity index (χ3v) is 6.99. The second-order valence-corrected chi connectivity index (χ2v) is 9.55. The summed E-state index contributed by atoms with van der Waals surface area (Å²) in [6.07, 6.45) is 4.01. The molecule has 0 amide bonds. The van der Waals surface area contributed by atoms with Crippen molar-refractivity contribution in [1.82, 2.24) is 9.97 Å². The van der Waals surface area contributed by atoms with Crippen LogP contribution in [0.25, 0.3) is 21.8 Å². The van der Waals surface area contributed by atoms with Crippen LogP contribution in [0.5, 0.6) is 0 Å². The fraction of sp³-hybridized carbons (Fsp3) is 0.0833. The number of halogens is 2. The monoisotopic (exact) mass is 537 g/mol. The molecule has 5 nitrogen and oxygen atoms in total. The summed E-state index contributed by atoms with van der Waals surface area (Å²) in [5, 5.41) is 13.7. The first kappa shape index (κ1) is 20.0. The Bertz CT molecular complexity index is 1390. The zero-order chi connectivity index (χ0) is 21.8. The largest absolute Gasteiger partial charge is 0.361 e. The molecule has 0 saturated carbocycles. The first-order chi connectivity index (χ1) is 14.9. The van der Waals surface area contributed by atoms with Gasteiger partial charge < -0.3 is 9.97 Å². The molecule has 0 saturated heterocycles. The molecule has 0 atom stereocenters. The molecule has 31 heavy (non-hydrogen) atoms. The molecule has 5 aromatic rings. The Balaban J connectivity index is 1.88. The third-order valence-electron chi connectivity index (χ3n) is 6.00. The molecule has 154 valence electrons. The molecule has 2 heterocycles. The van der Waals surface area contributed by atoms with Gasteiger partial charge in [0.05, 0.1) is 4.92 Å². The van der Waals surface area contributed by atoms with Gasteiger partial charge in [0.1, 0.15) is 0 Å². The van der Waals surface area contributed by atoms with Crippen LogP contribution in [0.1, 0.15) is 23.6 Å². The number of nitrogens with one attached hydrogen (secondary N) is 2. The minimum absolute atomic E-state index is 0.0748. The quantitative estimate of drug-likeness (QED) is 0.184. The minimum atomic E-state index is -0.649. The van der Waals surface area contributed by atoms with Crippen LogP contribution in [0, 0.1) is 10.1 Å². The molecule has 0 bridgehead atoms. The van der Waals surface area contributed by atoms with Crippen molar-refractivity contribution in [2.75, 3.05) is 0 Å². The highest BCUT2D eigenvalue weighted by Crippen LogP contribution is 2.46. The summed E-state index contributed by atoms with van der Waals surface area (Å²) < 4.78 is 1.95. The zero-order valence-corrected chi connectivity index (χ0v) is 19.6. The summed E-state index contributed by atoms with van der Waals surface area (Å²) in [5.41, 5.74) is 4.39. The molecule has 0 aliphatic carbocycles. The maximum Gasteiger partial charge on any atom is 0.269 e. The first-order valence-corrected chi connectivity index (χ1v) is 11.3. The summed E-state index contributed by atoms with van der Waals surface area (Å²) in [4.78, 5) is 18.0. The summed E-state index contributed by atoms with van der Waals surface area (Å²) in [6.45, 7) is 2.12. The average molecular weight is 539 g/mol. The fourth-order valence-corrected chi connectivity index (χ4v) is 5.12. The van der Waals surface area contributed by atoms with Crippen LogP contribution < -0.4 is 0 Å². The third kappa shape index (κ3) is 3.20. The number of nitrogens with zero attached hydrogens (tertiary/aromatic N) is 1. The molecular weight excluding hydrogens is 522 g/mol. The van der Waals surface area contributed by atoms with E-state index < -0.39 is 5.41 Å². The van der Waals surface area contributed by atoms with Crippen LogP contribution in [0.2, 0.25) is 0 Å². The van der Waals surface area contributed by atoms with E-state index in [-0.39, 0.29) is 10.6 Å². The molecule has 0 fully saturated rings. The SMILES string of the molecule is CC(c1cccc([N+](=O)[O-])c1)(c1c[nH]c2ccc(Br)cc12)c1c[nH]c2ccc(Br)cc12. The van der Waals surface area contributed by atoms with Crippen LogP contribution in [0.4, 0.5) is 5.69 Å². The maximum absolute atomic E-state index is 11.5. The van der Waals surface area contributed by atoms with Gasteiger partial charge in [-0.2, -0.15) is 0 Å². The number of non-ortho nitro benzene ring substituents is 1. The first-order valence-electron chi connectivity index (χ1n) is 9.67. The van der Waals surface area contributed by atoms with Gasteiger partial charge in [-0.15, -0.1) is 0 Å². The Kier molecular flexibility index (Phi) is 4.75. The van der Waals surface area contributed by atoms with Gasteiger partial charge in [-0.1, -0.05) is 44.0 Å². The van der Waals surface area contributed by atoms with Crippen molar-refractivity contribution < 1.29 is 4.92 Å². The molecule has 0 aliphatic heterocycles. The average Bonchev–Trinajstić information content (AvgIpc) is 3.37. The standard InChI is InChI=1S/C24H17Br2N3O2/c1-24(14-3-2-4-17(9-14)29(30)31,20-12-27-22-7-5-15(25)10-18(20)22)21-13-28-23-8-6-16(26)11-19(21)23/h2-13,27-28H,1H3. The Morgan fingerprint density at radius 2 is 1.39 bits per heavy atom. The molecule has 0 spiro atoms. The van der Waals surface area contributed by atoms with Crippen molar-refractivity contribution >= 4 is 59.4 Å².